The molecular formula is C21H27ClN6. The molecule has 2 aromatic rings. The third-order valence-corrected chi connectivity index (χ3v) is 5.59. The van der Waals surface area contributed by atoms with Gasteiger partial charge in [0.25, 0.3) is 0 Å². The van der Waals surface area contributed by atoms with Crippen LogP contribution in [0.1, 0.15) is 30.4 Å². The van der Waals surface area contributed by atoms with E-state index in [1.165, 1.54) is 25.9 Å². The van der Waals surface area contributed by atoms with Gasteiger partial charge in [-0.2, -0.15) is 0 Å². The van der Waals surface area contributed by atoms with E-state index in [2.05, 4.69) is 30.8 Å². The number of fused-ring (bicyclic) bond motifs is 1. The number of pyridine rings is 1. The smallest absolute Gasteiger partial charge is 0.174 e. The van der Waals surface area contributed by atoms with Gasteiger partial charge in [0.05, 0.1) is 11.3 Å². The number of aromatic nitrogens is 1. The lowest BCUT2D eigenvalue weighted by Crippen LogP contribution is -2.36. The van der Waals surface area contributed by atoms with Crippen molar-refractivity contribution >= 4 is 29.3 Å². The molecule has 4 rings (SSSR count). The Morgan fingerprint density at radius 3 is 2.89 bits per heavy atom. The fourth-order valence-electron chi connectivity index (χ4n) is 3.67. The summed E-state index contributed by atoms with van der Waals surface area (Å²) in [5.74, 6) is 0.889. The summed E-state index contributed by atoms with van der Waals surface area (Å²) in [5.41, 5.74) is 3.10. The molecule has 7 heteroatoms. The Bertz CT molecular complexity index is 818. The summed E-state index contributed by atoms with van der Waals surface area (Å²) in [6.07, 6.45) is 7.35. The number of benzene rings is 1. The van der Waals surface area contributed by atoms with Gasteiger partial charge in [-0.1, -0.05) is 29.8 Å². The van der Waals surface area contributed by atoms with E-state index in [1.807, 2.05) is 42.7 Å². The van der Waals surface area contributed by atoms with Crippen molar-refractivity contribution in [3.8, 4) is 0 Å². The van der Waals surface area contributed by atoms with E-state index in [4.69, 9.17) is 11.6 Å². The number of hydrogen-bond donors (Lipinski definition) is 3. The second-order valence-electron chi connectivity index (χ2n) is 7.25. The summed E-state index contributed by atoms with van der Waals surface area (Å²) in [7, 11) is 0. The van der Waals surface area contributed by atoms with Crippen LogP contribution in [-0.4, -0.2) is 48.6 Å². The molecule has 0 bridgehead atoms. The highest BCUT2D eigenvalue weighted by atomic mass is 35.5. The normalized spacial score (nSPS) is 18.7. The summed E-state index contributed by atoms with van der Waals surface area (Å²) in [6.45, 7) is 5.22. The maximum absolute atomic E-state index is 6.23. The molecule has 1 atom stereocenters. The SMILES string of the molecule is Clc1ccccc1CNC1N=Cc2c(ccnc2NCCCN2CCCC2)N1. The van der Waals surface area contributed by atoms with Crippen molar-refractivity contribution in [2.75, 3.05) is 36.8 Å². The van der Waals surface area contributed by atoms with E-state index < -0.39 is 0 Å². The molecule has 0 spiro atoms. The summed E-state index contributed by atoms with van der Waals surface area (Å²) in [4.78, 5) is 11.6. The molecular weight excluding hydrogens is 372 g/mol. The van der Waals surface area contributed by atoms with E-state index in [9.17, 15) is 0 Å². The minimum Gasteiger partial charge on any atom is -0.369 e. The Kier molecular flexibility index (Phi) is 6.41. The van der Waals surface area contributed by atoms with Crippen LogP contribution in [0.25, 0.3) is 0 Å². The number of halogens is 1. The molecule has 0 amide bonds. The third kappa shape index (κ3) is 4.82. The Morgan fingerprint density at radius 1 is 1.18 bits per heavy atom. The molecule has 0 saturated carbocycles. The quantitative estimate of drug-likeness (QED) is 0.593. The predicted octanol–water partition coefficient (Wildman–Crippen LogP) is 3.55. The van der Waals surface area contributed by atoms with Gasteiger partial charge in [-0.15, -0.1) is 0 Å². The first kappa shape index (κ1) is 19.2. The van der Waals surface area contributed by atoms with Gasteiger partial charge in [0.1, 0.15) is 5.82 Å². The van der Waals surface area contributed by atoms with Crippen LogP contribution < -0.4 is 16.0 Å². The number of nitrogens with zero attached hydrogens (tertiary/aromatic N) is 3. The minimum atomic E-state index is -0.186. The number of hydrogen-bond acceptors (Lipinski definition) is 6. The van der Waals surface area contributed by atoms with Crippen LogP contribution in [0, 0.1) is 0 Å². The second kappa shape index (κ2) is 9.37. The van der Waals surface area contributed by atoms with Crippen molar-refractivity contribution in [1.82, 2.24) is 15.2 Å². The van der Waals surface area contributed by atoms with Crippen molar-refractivity contribution in [2.24, 2.45) is 4.99 Å². The van der Waals surface area contributed by atoms with Crippen LogP contribution in [0.2, 0.25) is 5.02 Å². The van der Waals surface area contributed by atoms with Gasteiger partial charge in [-0.3, -0.25) is 10.3 Å². The third-order valence-electron chi connectivity index (χ3n) is 5.22. The molecule has 2 aliphatic rings. The molecule has 1 saturated heterocycles. The molecule has 0 radical (unpaired) electrons. The first-order chi connectivity index (χ1) is 13.8. The standard InChI is InChI=1S/C21H27ClN6/c22-18-7-2-1-6-16(18)14-25-21-26-15-17-19(27-21)8-10-24-20(17)23-9-5-13-28-11-3-4-12-28/h1-2,6-8,10,15,21,25,27H,3-5,9,11-14H2,(H,23,24). The first-order valence-corrected chi connectivity index (χ1v) is 10.4. The van der Waals surface area contributed by atoms with E-state index >= 15 is 0 Å². The topological polar surface area (TPSA) is 64.6 Å². The van der Waals surface area contributed by atoms with Crippen LogP contribution in [0.5, 0.6) is 0 Å². The predicted molar refractivity (Wildman–Crippen MR) is 116 cm³/mol. The van der Waals surface area contributed by atoms with E-state index in [1.54, 1.807) is 0 Å². The van der Waals surface area contributed by atoms with Crippen LogP contribution in [0.3, 0.4) is 0 Å². The molecule has 1 fully saturated rings. The first-order valence-electron chi connectivity index (χ1n) is 10.0. The molecule has 28 heavy (non-hydrogen) atoms. The Morgan fingerprint density at radius 2 is 2.04 bits per heavy atom. The lowest BCUT2D eigenvalue weighted by molar-refractivity contribution is 0.337. The number of nitrogens with one attached hydrogen (secondary N) is 3. The van der Waals surface area contributed by atoms with Crippen molar-refractivity contribution in [3.63, 3.8) is 0 Å². The molecule has 1 aromatic heterocycles. The zero-order chi connectivity index (χ0) is 19.2. The van der Waals surface area contributed by atoms with E-state index in [-0.39, 0.29) is 6.29 Å². The molecule has 0 aliphatic carbocycles. The number of rotatable bonds is 8. The van der Waals surface area contributed by atoms with Crippen molar-refractivity contribution < 1.29 is 0 Å². The van der Waals surface area contributed by atoms with Crippen molar-refractivity contribution in [3.05, 3.63) is 52.7 Å². The lowest BCUT2D eigenvalue weighted by Gasteiger charge is -2.24. The van der Waals surface area contributed by atoms with Gasteiger partial charge in [0.15, 0.2) is 6.29 Å². The second-order valence-corrected chi connectivity index (χ2v) is 7.65. The number of likely N-dealkylation sites (tertiary alicyclic amines) is 1. The number of anilines is 2. The monoisotopic (exact) mass is 398 g/mol. The highest BCUT2D eigenvalue weighted by Gasteiger charge is 2.17. The molecule has 2 aliphatic heterocycles. The molecule has 6 nitrogen and oxygen atoms in total. The van der Waals surface area contributed by atoms with E-state index in [0.29, 0.717) is 6.54 Å². The van der Waals surface area contributed by atoms with Crippen LogP contribution in [0.4, 0.5) is 11.5 Å². The Hall–Kier alpha value is -2.15. The average Bonchev–Trinajstić information content (AvgIpc) is 3.24. The van der Waals surface area contributed by atoms with Crippen molar-refractivity contribution in [1.29, 1.82) is 0 Å². The molecule has 3 heterocycles. The Labute approximate surface area is 171 Å². The summed E-state index contributed by atoms with van der Waals surface area (Å²) >= 11 is 6.23. The molecule has 1 aromatic carbocycles. The minimum absolute atomic E-state index is 0.186. The van der Waals surface area contributed by atoms with Crippen LogP contribution in [0.15, 0.2) is 41.5 Å². The van der Waals surface area contributed by atoms with Gasteiger partial charge in [0, 0.05) is 30.5 Å². The zero-order valence-corrected chi connectivity index (χ0v) is 16.8. The maximum Gasteiger partial charge on any atom is 0.174 e. The zero-order valence-electron chi connectivity index (χ0n) is 16.0. The van der Waals surface area contributed by atoms with E-state index in [0.717, 1.165) is 47.2 Å². The molecule has 148 valence electrons. The fourth-order valence-corrected chi connectivity index (χ4v) is 3.87. The summed E-state index contributed by atoms with van der Waals surface area (Å²) in [6, 6.07) is 9.83. The summed E-state index contributed by atoms with van der Waals surface area (Å²) < 4.78 is 0. The fraction of sp³-hybridized carbons (Fsp3) is 0.429. The van der Waals surface area contributed by atoms with Gasteiger partial charge in [-0.25, -0.2) is 4.98 Å². The molecule has 3 N–H and O–H groups in total. The Balaban J connectivity index is 1.30. The van der Waals surface area contributed by atoms with Crippen LogP contribution in [-0.2, 0) is 6.54 Å². The van der Waals surface area contributed by atoms with Gasteiger partial charge < -0.3 is 15.5 Å². The lowest BCUT2D eigenvalue weighted by atomic mass is 10.2. The van der Waals surface area contributed by atoms with Crippen LogP contribution >= 0.6 is 11.6 Å². The highest BCUT2D eigenvalue weighted by Crippen LogP contribution is 2.24. The van der Waals surface area contributed by atoms with Gasteiger partial charge >= 0.3 is 0 Å². The van der Waals surface area contributed by atoms with Crippen molar-refractivity contribution in [2.45, 2.75) is 32.1 Å². The average molecular weight is 399 g/mol. The van der Waals surface area contributed by atoms with Gasteiger partial charge in [-0.05, 0) is 56.6 Å². The number of aliphatic imine (C=N–C) groups is 1. The molecule has 1 unspecified atom stereocenters. The maximum atomic E-state index is 6.23. The van der Waals surface area contributed by atoms with Gasteiger partial charge in [0.2, 0.25) is 0 Å². The summed E-state index contributed by atoms with van der Waals surface area (Å²) in [5, 5.41) is 11.0. The largest absolute Gasteiger partial charge is 0.369 e. The highest BCUT2D eigenvalue weighted by molar-refractivity contribution is 6.31.